The number of ether oxygens (including phenoxy) is 1. The van der Waals surface area contributed by atoms with Crippen LogP contribution in [0.25, 0.3) is 0 Å². The lowest BCUT2D eigenvalue weighted by Gasteiger charge is -2.11. The molecule has 0 aliphatic heterocycles. The average Bonchev–Trinajstić information content (AvgIpc) is 2.83. The molecule has 0 amide bonds. The highest BCUT2D eigenvalue weighted by molar-refractivity contribution is 7.09. The molecule has 0 aromatic carbocycles. The van der Waals surface area contributed by atoms with E-state index in [0.717, 1.165) is 10.4 Å². The second kappa shape index (κ2) is 5.67. The minimum absolute atomic E-state index is 0.229. The van der Waals surface area contributed by atoms with E-state index in [-0.39, 0.29) is 5.92 Å². The zero-order valence-electron chi connectivity index (χ0n) is 10.6. The Hall–Kier alpha value is -1.13. The van der Waals surface area contributed by atoms with Crippen LogP contribution in [-0.2, 0) is 6.61 Å². The fourth-order valence-electron chi connectivity index (χ4n) is 1.42. The van der Waals surface area contributed by atoms with Crippen molar-refractivity contribution in [2.75, 3.05) is 0 Å². The normalized spacial score (nSPS) is 10.9. The molecule has 2 rings (SSSR count). The van der Waals surface area contributed by atoms with Crippen molar-refractivity contribution in [1.82, 2.24) is 9.97 Å². The zero-order chi connectivity index (χ0) is 13.1. The van der Waals surface area contributed by atoms with Crippen LogP contribution in [0.5, 0.6) is 5.88 Å². The Bertz CT molecular complexity index is 526. The lowest BCUT2D eigenvalue weighted by Crippen LogP contribution is -2.05. The van der Waals surface area contributed by atoms with Gasteiger partial charge in [-0.1, -0.05) is 31.5 Å². The van der Waals surface area contributed by atoms with E-state index >= 15 is 0 Å². The van der Waals surface area contributed by atoms with Gasteiger partial charge in [0.05, 0.1) is 0 Å². The summed E-state index contributed by atoms with van der Waals surface area (Å²) in [4.78, 5) is 9.84. The van der Waals surface area contributed by atoms with Gasteiger partial charge in [0.15, 0.2) is 0 Å². The third-order valence-electron chi connectivity index (χ3n) is 2.51. The van der Waals surface area contributed by atoms with Gasteiger partial charge in [-0.3, -0.25) is 0 Å². The molecule has 0 radical (unpaired) electrons. The summed E-state index contributed by atoms with van der Waals surface area (Å²) in [6.07, 6.45) is 0. The van der Waals surface area contributed by atoms with Gasteiger partial charge in [-0.05, 0) is 18.4 Å². The van der Waals surface area contributed by atoms with Crippen molar-refractivity contribution in [2.45, 2.75) is 33.3 Å². The van der Waals surface area contributed by atoms with Gasteiger partial charge in [0.2, 0.25) is 5.88 Å². The maximum Gasteiger partial charge on any atom is 0.221 e. The fourth-order valence-corrected chi connectivity index (χ4v) is 2.20. The highest BCUT2D eigenvalue weighted by atomic mass is 35.5. The fraction of sp³-hybridized carbons (Fsp3) is 0.385. The van der Waals surface area contributed by atoms with E-state index in [2.05, 4.69) is 9.97 Å². The van der Waals surface area contributed by atoms with Crippen molar-refractivity contribution in [3.8, 4) is 5.88 Å². The first-order valence-electron chi connectivity index (χ1n) is 5.77. The Kier molecular flexibility index (Phi) is 4.19. The molecule has 3 nitrogen and oxygen atoms in total. The van der Waals surface area contributed by atoms with Crippen molar-refractivity contribution in [1.29, 1.82) is 0 Å². The predicted molar refractivity (Wildman–Crippen MR) is 74.5 cm³/mol. The lowest BCUT2D eigenvalue weighted by molar-refractivity contribution is 0.292. The SMILES string of the molecule is Cc1c(Cl)nc(C(C)C)nc1OCc1cccs1. The summed E-state index contributed by atoms with van der Waals surface area (Å²) < 4.78 is 5.73. The molecule has 0 aliphatic rings. The highest BCUT2D eigenvalue weighted by Gasteiger charge is 2.13. The summed E-state index contributed by atoms with van der Waals surface area (Å²) in [6.45, 7) is 6.45. The molecule has 0 unspecified atom stereocenters. The van der Waals surface area contributed by atoms with Crippen LogP contribution >= 0.6 is 22.9 Å². The van der Waals surface area contributed by atoms with Gasteiger partial charge in [-0.15, -0.1) is 11.3 Å². The number of hydrogen-bond acceptors (Lipinski definition) is 4. The molecule has 0 saturated carbocycles. The Morgan fingerprint density at radius 2 is 2.17 bits per heavy atom. The first kappa shape index (κ1) is 13.3. The minimum Gasteiger partial charge on any atom is -0.472 e. The highest BCUT2D eigenvalue weighted by Crippen LogP contribution is 2.25. The van der Waals surface area contributed by atoms with Gasteiger partial charge in [0.1, 0.15) is 17.6 Å². The van der Waals surface area contributed by atoms with Crippen molar-refractivity contribution in [3.05, 3.63) is 38.9 Å². The Morgan fingerprint density at radius 3 is 2.78 bits per heavy atom. The molecule has 2 aromatic rings. The van der Waals surface area contributed by atoms with E-state index in [1.807, 2.05) is 38.3 Å². The zero-order valence-corrected chi connectivity index (χ0v) is 12.2. The van der Waals surface area contributed by atoms with Crippen molar-refractivity contribution >= 4 is 22.9 Å². The molecule has 96 valence electrons. The van der Waals surface area contributed by atoms with Gasteiger partial charge < -0.3 is 4.74 Å². The molecule has 0 fully saturated rings. The number of hydrogen-bond donors (Lipinski definition) is 0. The maximum atomic E-state index is 6.10. The van der Waals surface area contributed by atoms with E-state index in [9.17, 15) is 0 Å². The number of nitrogens with zero attached hydrogens (tertiary/aromatic N) is 2. The van der Waals surface area contributed by atoms with E-state index in [0.29, 0.717) is 23.5 Å². The first-order chi connectivity index (χ1) is 8.58. The molecular formula is C13H15ClN2OS. The van der Waals surface area contributed by atoms with Crippen molar-refractivity contribution < 1.29 is 4.74 Å². The smallest absolute Gasteiger partial charge is 0.221 e. The summed E-state index contributed by atoms with van der Waals surface area (Å²) in [5.41, 5.74) is 0.789. The molecule has 0 spiro atoms. The van der Waals surface area contributed by atoms with Gasteiger partial charge in [0, 0.05) is 16.4 Å². The van der Waals surface area contributed by atoms with Crippen molar-refractivity contribution in [2.24, 2.45) is 0 Å². The Morgan fingerprint density at radius 1 is 1.39 bits per heavy atom. The van der Waals surface area contributed by atoms with E-state index in [4.69, 9.17) is 16.3 Å². The number of rotatable bonds is 4. The summed E-state index contributed by atoms with van der Waals surface area (Å²) in [7, 11) is 0. The van der Waals surface area contributed by atoms with Crippen LogP contribution in [-0.4, -0.2) is 9.97 Å². The third kappa shape index (κ3) is 3.00. The standard InChI is InChI=1S/C13H15ClN2OS/c1-8(2)12-15-11(14)9(3)13(16-12)17-7-10-5-4-6-18-10/h4-6,8H,7H2,1-3H3. The van der Waals surface area contributed by atoms with Crippen LogP contribution in [0.1, 0.15) is 36.0 Å². The van der Waals surface area contributed by atoms with Gasteiger partial charge in [0.25, 0.3) is 0 Å². The van der Waals surface area contributed by atoms with Crippen LogP contribution < -0.4 is 4.74 Å². The average molecular weight is 283 g/mol. The molecule has 0 saturated heterocycles. The summed E-state index contributed by atoms with van der Waals surface area (Å²) in [5, 5.41) is 2.49. The predicted octanol–water partition coefficient (Wildman–Crippen LogP) is 4.20. The molecule has 0 aliphatic carbocycles. The number of halogens is 1. The molecule has 5 heteroatoms. The van der Waals surface area contributed by atoms with Crippen LogP contribution in [0.15, 0.2) is 17.5 Å². The van der Waals surface area contributed by atoms with Crippen LogP contribution in [0.2, 0.25) is 5.15 Å². The van der Waals surface area contributed by atoms with E-state index in [1.165, 1.54) is 0 Å². The summed E-state index contributed by atoms with van der Waals surface area (Å²) >= 11 is 7.76. The molecule has 2 aromatic heterocycles. The number of thiophene rings is 1. The molecular weight excluding hydrogens is 268 g/mol. The van der Waals surface area contributed by atoms with Gasteiger partial charge in [-0.2, -0.15) is 4.98 Å². The second-order valence-electron chi connectivity index (χ2n) is 4.33. The Labute approximate surface area is 116 Å². The molecule has 0 bridgehead atoms. The quantitative estimate of drug-likeness (QED) is 0.788. The van der Waals surface area contributed by atoms with Gasteiger partial charge >= 0.3 is 0 Å². The monoisotopic (exact) mass is 282 g/mol. The second-order valence-corrected chi connectivity index (χ2v) is 5.72. The van der Waals surface area contributed by atoms with Crippen molar-refractivity contribution in [3.63, 3.8) is 0 Å². The largest absolute Gasteiger partial charge is 0.472 e. The minimum atomic E-state index is 0.229. The molecule has 2 heterocycles. The lowest BCUT2D eigenvalue weighted by atomic mass is 10.2. The summed E-state index contributed by atoms with van der Waals surface area (Å²) in [6, 6.07) is 4.04. The maximum absolute atomic E-state index is 6.10. The first-order valence-corrected chi connectivity index (χ1v) is 7.03. The topological polar surface area (TPSA) is 35.0 Å². The van der Waals surface area contributed by atoms with Crippen LogP contribution in [0.3, 0.4) is 0 Å². The molecule has 0 atom stereocenters. The van der Waals surface area contributed by atoms with E-state index in [1.54, 1.807) is 11.3 Å². The third-order valence-corrected chi connectivity index (χ3v) is 3.72. The van der Waals surface area contributed by atoms with Crippen LogP contribution in [0.4, 0.5) is 0 Å². The molecule has 0 N–H and O–H groups in total. The Balaban J connectivity index is 2.20. The van der Waals surface area contributed by atoms with E-state index < -0.39 is 0 Å². The van der Waals surface area contributed by atoms with Gasteiger partial charge in [-0.25, -0.2) is 4.98 Å². The summed E-state index contributed by atoms with van der Waals surface area (Å²) in [5.74, 6) is 1.52. The number of aromatic nitrogens is 2. The van der Waals surface area contributed by atoms with Crippen LogP contribution in [0, 0.1) is 6.92 Å². The molecule has 18 heavy (non-hydrogen) atoms.